The van der Waals surface area contributed by atoms with E-state index in [9.17, 15) is 0 Å². The summed E-state index contributed by atoms with van der Waals surface area (Å²) >= 11 is 1.76. The van der Waals surface area contributed by atoms with Crippen molar-refractivity contribution in [1.82, 2.24) is 15.2 Å². The van der Waals surface area contributed by atoms with Gasteiger partial charge in [0.1, 0.15) is 0 Å². The van der Waals surface area contributed by atoms with E-state index >= 15 is 0 Å². The minimum absolute atomic E-state index is 0.343. The number of aromatic nitrogens is 1. The van der Waals surface area contributed by atoms with Crippen molar-refractivity contribution in [3.05, 3.63) is 11.1 Å². The Morgan fingerprint density at radius 3 is 2.63 bits per heavy atom. The van der Waals surface area contributed by atoms with Crippen LogP contribution in [0.1, 0.15) is 38.9 Å². The molecule has 0 bridgehead atoms. The summed E-state index contributed by atoms with van der Waals surface area (Å²) in [5.74, 6) is 0. The molecule has 0 aromatic carbocycles. The van der Waals surface area contributed by atoms with Crippen molar-refractivity contribution < 1.29 is 0 Å². The van der Waals surface area contributed by atoms with Gasteiger partial charge < -0.3 is 15.1 Å². The molecular weight excluding hydrogens is 256 g/mol. The Morgan fingerprint density at radius 2 is 2.05 bits per heavy atom. The summed E-state index contributed by atoms with van der Waals surface area (Å²) < 4.78 is 0. The van der Waals surface area contributed by atoms with Gasteiger partial charge in [0, 0.05) is 24.5 Å². The lowest BCUT2D eigenvalue weighted by Gasteiger charge is -2.21. The normalized spacial score (nSPS) is 12.9. The number of nitrogens with one attached hydrogen (secondary N) is 1. The molecule has 0 saturated heterocycles. The lowest BCUT2D eigenvalue weighted by Crippen LogP contribution is -2.27. The number of nitrogens with zero attached hydrogens (tertiary/aromatic N) is 3. The molecular formula is C14H28N4S. The van der Waals surface area contributed by atoms with Gasteiger partial charge in [-0.1, -0.05) is 6.92 Å². The lowest BCUT2D eigenvalue weighted by molar-refractivity contribution is 0.400. The zero-order chi connectivity index (χ0) is 14.3. The van der Waals surface area contributed by atoms with Gasteiger partial charge in [-0.3, -0.25) is 0 Å². The molecule has 1 aromatic rings. The maximum Gasteiger partial charge on any atom is 0.185 e. The molecule has 1 aromatic heterocycles. The van der Waals surface area contributed by atoms with E-state index in [0.29, 0.717) is 6.04 Å². The van der Waals surface area contributed by atoms with Crippen LogP contribution in [0.4, 0.5) is 5.13 Å². The Bertz CT molecular complexity index is 351. The summed E-state index contributed by atoms with van der Waals surface area (Å²) in [7, 11) is 4.24. The molecule has 5 heteroatoms. The molecule has 110 valence electrons. The van der Waals surface area contributed by atoms with Crippen LogP contribution in [0.3, 0.4) is 0 Å². The summed E-state index contributed by atoms with van der Waals surface area (Å²) in [6, 6.07) is 0.343. The Hall–Kier alpha value is -0.650. The predicted octanol–water partition coefficient (Wildman–Crippen LogP) is 2.59. The van der Waals surface area contributed by atoms with Gasteiger partial charge in [0.15, 0.2) is 5.13 Å². The number of rotatable bonds is 9. The Labute approximate surface area is 121 Å². The standard InChI is InChI=1S/C14H28N4S/c1-6-15-12(3)13-11-19-14(16-13)18(7-2)10-8-9-17(4)5/h11-12,15H,6-10H2,1-5H3. The first-order chi connectivity index (χ1) is 9.08. The van der Waals surface area contributed by atoms with E-state index in [1.807, 2.05) is 0 Å². The van der Waals surface area contributed by atoms with Gasteiger partial charge in [-0.15, -0.1) is 11.3 Å². The van der Waals surface area contributed by atoms with E-state index in [0.717, 1.165) is 37.0 Å². The predicted molar refractivity (Wildman–Crippen MR) is 85.3 cm³/mol. The molecule has 1 rings (SSSR count). The molecule has 0 radical (unpaired) electrons. The minimum Gasteiger partial charge on any atom is -0.348 e. The van der Waals surface area contributed by atoms with E-state index in [4.69, 9.17) is 4.98 Å². The van der Waals surface area contributed by atoms with E-state index in [2.05, 4.69) is 55.4 Å². The van der Waals surface area contributed by atoms with Crippen LogP contribution in [0.15, 0.2) is 5.38 Å². The third kappa shape index (κ3) is 5.47. The fourth-order valence-corrected chi connectivity index (χ4v) is 3.01. The van der Waals surface area contributed by atoms with Gasteiger partial charge in [0.2, 0.25) is 0 Å². The fourth-order valence-electron chi connectivity index (χ4n) is 2.00. The molecule has 0 aliphatic rings. The van der Waals surface area contributed by atoms with E-state index < -0.39 is 0 Å². The van der Waals surface area contributed by atoms with Crippen LogP contribution in [0.25, 0.3) is 0 Å². The average molecular weight is 284 g/mol. The van der Waals surface area contributed by atoms with E-state index in [-0.39, 0.29) is 0 Å². The van der Waals surface area contributed by atoms with Gasteiger partial charge in [0.05, 0.1) is 5.69 Å². The third-order valence-electron chi connectivity index (χ3n) is 3.15. The minimum atomic E-state index is 0.343. The number of hydrogen-bond acceptors (Lipinski definition) is 5. The molecule has 0 aliphatic carbocycles. The fraction of sp³-hybridized carbons (Fsp3) is 0.786. The summed E-state index contributed by atoms with van der Waals surface area (Å²) in [6.07, 6.45) is 1.18. The molecule has 0 amide bonds. The third-order valence-corrected chi connectivity index (χ3v) is 4.07. The van der Waals surface area contributed by atoms with Crippen LogP contribution in [0, 0.1) is 0 Å². The summed E-state index contributed by atoms with van der Waals surface area (Å²) in [5, 5.41) is 6.74. The highest BCUT2D eigenvalue weighted by molar-refractivity contribution is 7.13. The quantitative estimate of drug-likeness (QED) is 0.755. The summed E-state index contributed by atoms with van der Waals surface area (Å²) in [6.45, 7) is 10.7. The van der Waals surface area contributed by atoms with Crippen molar-refractivity contribution >= 4 is 16.5 Å². The molecule has 1 N–H and O–H groups in total. The van der Waals surface area contributed by atoms with Crippen LogP contribution in [0.2, 0.25) is 0 Å². The van der Waals surface area contributed by atoms with Crippen molar-refractivity contribution in [3.63, 3.8) is 0 Å². The highest BCUT2D eigenvalue weighted by Crippen LogP contribution is 2.24. The lowest BCUT2D eigenvalue weighted by atomic mass is 10.2. The summed E-state index contributed by atoms with van der Waals surface area (Å²) in [4.78, 5) is 9.37. The molecule has 1 atom stereocenters. The molecule has 1 heterocycles. The van der Waals surface area contributed by atoms with Crippen LogP contribution >= 0.6 is 11.3 Å². The maximum absolute atomic E-state index is 4.77. The zero-order valence-electron chi connectivity index (χ0n) is 12.9. The van der Waals surface area contributed by atoms with Crippen molar-refractivity contribution in [2.24, 2.45) is 0 Å². The first-order valence-corrected chi connectivity index (χ1v) is 8.04. The molecule has 0 saturated carbocycles. The molecule has 19 heavy (non-hydrogen) atoms. The van der Waals surface area contributed by atoms with Crippen molar-refractivity contribution in [3.8, 4) is 0 Å². The van der Waals surface area contributed by atoms with Gasteiger partial charge in [0.25, 0.3) is 0 Å². The monoisotopic (exact) mass is 284 g/mol. The van der Waals surface area contributed by atoms with Gasteiger partial charge >= 0.3 is 0 Å². The topological polar surface area (TPSA) is 31.4 Å². The Morgan fingerprint density at radius 1 is 1.32 bits per heavy atom. The van der Waals surface area contributed by atoms with Crippen molar-refractivity contribution in [2.75, 3.05) is 45.2 Å². The van der Waals surface area contributed by atoms with Gasteiger partial charge in [-0.2, -0.15) is 0 Å². The van der Waals surface area contributed by atoms with Gasteiger partial charge in [-0.05, 0) is 47.5 Å². The second kappa shape index (κ2) is 8.51. The Balaban J connectivity index is 2.56. The molecule has 1 unspecified atom stereocenters. The van der Waals surface area contributed by atoms with E-state index in [1.54, 1.807) is 11.3 Å². The maximum atomic E-state index is 4.77. The number of thiazole rings is 1. The summed E-state index contributed by atoms with van der Waals surface area (Å²) in [5.41, 5.74) is 1.16. The largest absolute Gasteiger partial charge is 0.348 e. The van der Waals surface area contributed by atoms with Crippen LogP contribution < -0.4 is 10.2 Å². The molecule has 4 nitrogen and oxygen atoms in total. The molecule has 0 fully saturated rings. The number of hydrogen-bond donors (Lipinski definition) is 1. The van der Waals surface area contributed by atoms with E-state index in [1.165, 1.54) is 6.42 Å². The molecule has 0 spiro atoms. The smallest absolute Gasteiger partial charge is 0.185 e. The highest BCUT2D eigenvalue weighted by Gasteiger charge is 2.12. The highest BCUT2D eigenvalue weighted by atomic mass is 32.1. The second-order valence-corrected chi connectivity index (χ2v) is 5.91. The van der Waals surface area contributed by atoms with Crippen LogP contribution in [-0.4, -0.2) is 50.2 Å². The first kappa shape index (κ1) is 16.4. The second-order valence-electron chi connectivity index (χ2n) is 5.07. The van der Waals surface area contributed by atoms with Gasteiger partial charge in [-0.25, -0.2) is 4.98 Å². The molecule has 0 aliphatic heterocycles. The van der Waals surface area contributed by atoms with Crippen LogP contribution in [0.5, 0.6) is 0 Å². The first-order valence-electron chi connectivity index (χ1n) is 7.16. The average Bonchev–Trinajstić information content (AvgIpc) is 2.84. The zero-order valence-corrected chi connectivity index (χ0v) is 13.8. The Kier molecular flexibility index (Phi) is 7.34. The van der Waals surface area contributed by atoms with Crippen molar-refractivity contribution in [2.45, 2.75) is 33.2 Å². The SMILES string of the molecule is CCNC(C)c1csc(N(CC)CCCN(C)C)n1. The van der Waals surface area contributed by atoms with Crippen LogP contribution in [-0.2, 0) is 0 Å². The van der Waals surface area contributed by atoms with Crippen molar-refractivity contribution in [1.29, 1.82) is 0 Å². The number of anilines is 1.